The van der Waals surface area contributed by atoms with E-state index in [9.17, 15) is 14.9 Å². The quantitative estimate of drug-likeness (QED) is 0.503. The molecule has 3 aromatic rings. The molecular formula is C30H35N5O3. The summed E-state index contributed by atoms with van der Waals surface area (Å²) in [5, 5.41) is 16.9. The highest BCUT2D eigenvalue weighted by Gasteiger charge is 2.33. The number of aromatic nitrogens is 1. The van der Waals surface area contributed by atoms with Gasteiger partial charge in [0, 0.05) is 49.2 Å². The summed E-state index contributed by atoms with van der Waals surface area (Å²) in [6.45, 7) is 3.20. The van der Waals surface area contributed by atoms with Gasteiger partial charge in [-0.3, -0.25) is 9.59 Å². The molecule has 2 aliphatic rings. The maximum atomic E-state index is 13.3. The first-order chi connectivity index (χ1) is 18.5. The largest absolute Gasteiger partial charge is 0.378 e. The summed E-state index contributed by atoms with van der Waals surface area (Å²) in [6, 6.07) is 19.3. The average molecular weight is 514 g/mol. The number of hydrogen-bond acceptors (Lipinski definition) is 5. The Balaban J connectivity index is 1.21. The van der Waals surface area contributed by atoms with Gasteiger partial charge in [0.25, 0.3) is 5.91 Å². The van der Waals surface area contributed by atoms with Crippen LogP contribution in [-0.4, -0.2) is 54.8 Å². The zero-order chi connectivity index (χ0) is 26.5. The van der Waals surface area contributed by atoms with Crippen molar-refractivity contribution in [3.8, 4) is 6.07 Å². The summed E-state index contributed by atoms with van der Waals surface area (Å²) in [5.41, 5.74) is 3.71. The van der Waals surface area contributed by atoms with Crippen LogP contribution in [-0.2, 0) is 23.0 Å². The van der Waals surface area contributed by atoms with Gasteiger partial charge in [-0.05, 0) is 42.7 Å². The zero-order valence-corrected chi connectivity index (χ0v) is 21.9. The van der Waals surface area contributed by atoms with Crippen LogP contribution in [0.1, 0.15) is 41.7 Å². The van der Waals surface area contributed by atoms with Crippen LogP contribution >= 0.6 is 0 Å². The van der Waals surface area contributed by atoms with Crippen molar-refractivity contribution in [1.82, 2.24) is 15.2 Å². The molecule has 2 N–H and O–H groups in total. The number of para-hydroxylation sites is 1. The Labute approximate surface area is 223 Å². The van der Waals surface area contributed by atoms with E-state index >= 15 is 0 Å². The Morgan fingerprint density at radius 2 is 1.82 bits per heavy atom. The van der Waals surface area contributed by atoms with E-state index < -0.39 is 6.04 Å². The van der Waals surface area contributed by atoms with E-state index in [0.29, 0.717) is 18.5 Å². The summed E-state index contributed by atoms with van der Waals surface area (Å²) in [6.07, 6.45) is 3.76. The Bertz CT molecular complexity index is 1320. The first-order valence-electron chi connectivity index (χ1n) is 13.5. The fraction of sp³-hybridized carbons (Fsp3) is 0.433. The molecule has 2 fully saturated rings. The van der Waals surface area contributed by atoms with Crippen LogP contribution in [0.5, 0.6) is 0 Å². The van der Waals surface area contributed by atoms with Crippen molar-refractivity contribution in [3.63, 3.8) is 0 Å². The summed E-state index contributed by atoms with van der Waals surface area (Å²) in [7, 11) is 1.88. The highest BCUT2D eigenvalue weighted by molar-refractivity contribution is 5.99. The van der Waals surface area contributed by atoms with Gasteiger partial charge in [-0.15, -0.1) is 0 Å². The lowest BCUT2D eigenvalue weighted by Crippen LogP contribution is -2.50. The van der Waals surface area contributed by atoms with Gasteiger partial charge in [0.1, 0.15) is 11.7 Å². The molecule has 1 saturated carbocycles. The van der Waals surface area contributed by atoms with E-state index in [2.05, 4.69) is 33.7 Å². The van der Waals surface area contributed by atoms with Gasteiger partial charge in [0.15, 0.2) is 0 Å². The van der Waals surface area contributed by atoms with Gasteiger partial charge < -0.3 is 24.8 Å². The Kier molecular flexibility index (Phi) is 7.94. The molecule has 3 unspecified atom stereocenters. The van der Waals surface area contributed by atoms with Crippen LogP contribution in [0.15, 0.2) is 54.6 Å². The van der Waals surface area contributed by atoms with Crippen LogP contribution in [0, 0.1) is 17.2 Å². The molecule has 8 nitrogen and oxygen atoms in total. The molecule has 1 saturated heterocycles. The lowest BCUT2D eigenvalue weighted by atomic mass is 9.83. The van der Waals surface area contributed by atoms with Crippen molar-refractivity contribution < 1.29 is 14.3 Å². The minimum atomic E-state index is -0.631. The number of rotatable bonds is 7. The molecule has 1 aliphatic heterocycles. The molecule has 2 heterocycles. The number of benzene rings is 2. The van der Waals surface area contributed by atoms with E-state index in [1.165, 1.54) is 0 Å². The third-order valence-electron chi connectivity index (χ3n) is 7.83. The first-order valence-corrected chi connectivity index (χ1v) is 13.5. The summed E-state index contributed by atoms with van der Waals surface area (Å²) in [5.74, 6) is -0.698. The van der Waals surface area contributed by atoms with E-state index in [-0.39, 0.29) is 23.8 Å². The second-order valence-electron chi connectivity index (χ2n) is 10.3. The van der Waals surface area contributed by atoms with Crippen LogP contribution in [0.2, 0.25) is 0 Å². The number of nitriles is 1. The van der Waals surface area contributed by atoms with Crippen molar-refractivity contribution >= 4 is 28.4 Å². The third kappa shape index (κ3) is 5.68. The van der Waals surface area contributed by atoms with Crippen molar-refractivity contribution in [2.75, 3.05) is 31.2 Å². The van der Waals surface area contributed by atoms with Gasteiger partial charge in [-0.1, -0.05) is 43.2 Å². The summed E-state index contributed by atoms with van der Waals surface area (Å²) >= 11 is 0. The zero-order valence-electron chi connectivity index (χ0n) is 21.9. The van der Waals surface area contributed by atoms with E-state index in [4.69, 9.17) is 4.74 Å². The molecule has 2 aromatic carbocycles. The van der Waals surface area contributed by atoms with Crippen molar-refractivity contribution in [1.29, 1.82) is 5.26 Å². The second kappa shape index (κ2) is 11.7. The minimum Gasteiger partial charge on any atom is -0.378 e. The molecule has 3 atom stereocenters. The SMILES string of the molecule is Cn1c(C(=O)NC2CCCCC2C(=O)NC(C#N)Cc2ccc(N3CCOCC3)cc2)cc2ccccc21. The van der Waals surface area contributed by atoms with E-state index in [1.54, 1.807) is 0 Å². The number of hydrogen-bond donors (Lipinski definition) is 2. The molecular weight excluding hydrogens is 478 g/mol. The van der Waals surface area contributed by atoms with Crippen LogP contribution in [0.4, 0.5) is 5.69 Å². The lowest BCUT2D eigenvalue weighted by Gasteiger charge is -2.32. The second-order valence-corrected chi connectivity index (χ2v) is 10.3. The topological polar surface area (TPSA) is 99.4 Å². The Morgan fingerprint density at radius 3 is 2.55 bits per heavy atom. The number of nitrogens with zero attached hydrogens (tertiary/aromatic N) is 3. The standard InChI is InChI=1S/C30H35N5O3/c1-34-27-9-5-2-6-22(27)19-28(34)30(37)33-26-8-4-3-7-25(26)29(36)32-23(20-31)18-21-10-12-24(13-11-21)35-14-16-38-17-15-35/h2,5-6,9-13,19,23,25-26H,3-4,7-8,14-18H2,1H3,(H,32,36)(H,33,37). The van der Waals surface area contributed by atoms with Crippen LogP contribution < -0.4 is 15.5 Å². The van der Waals surface area contributed by atoms with Gasteiger partial charge in [-0.25, -0.2) is 0 Å². The number of carbonyl (C=O) groups is 2. The fourth-order valence-electron chi connectivity index (χ4n) is 5.67. The molecule has 8 heteroatoms. The molecule has 1 aliphatic carbocycles. The molecule has 5 rings (SSSR count). The minimum absolute atomic E-state index is 0.163. The predicted octanol–water partition coefficient (Wildman–Crippen LogP) is 3.55. The average Bonchev–Trinajstić information content (AvgIpc) is 3.30. The van der Waals surface area contributed by atoms with Crippen molar-refractivity contribution in [2.24, 2.45) is 13.0 Å². The number of morpholine rings is 1. The number of aryl methyl sites for hydroxylation is 1. The number of nitrogens with one attached hydrogen (secondary N) is 2. The smallest absolute Gasteiger partial charge is 0.268 e. The molecule has 0 radical (unpaired) electrons. The molecule has 198 valence electrons. The van der Waals surface area contributed by atoms with Crippen LogP contribution in [0.3, 0.4) is 0 Å². The van der Waals surface area contributed by atoms with Crippen molar-refractivity contribution in [2.45, 2.75) is 44.2 Å². The van der Waals surface area contributed by atoms with Gasteiger partial charge in [0.2, 0.25) is 5.91 Å². The third-order valence-corrected chi connectivity index (χ3v) is 7.83. The Morgan fingerprint density at radius 1 is 1.08 bits per heavy atom. The lowest BCUT2D eigenvalue weighted by molar-refractivity contribution is -0.127. The number of amides is 2. The molecule has 0 spiro atoms. The van der Waals surface area contributed by atoms with E-state index in [1.807, 2.05) is 54.1 Å². The van der Waals surface area contributed by atoms with Gasteiger partial charge in [0.05, 0.1) is 25.2 Å². The maximum Gasteiger partial charge on any atom is 0.268 e. The maximum absolute atomic E-state index is 13.3. The highest BCUT2D eigenvalue weighted by Crippen LogP contribution is 2.26. The molecule has 0 bridgehead atoms. The molecule has 1 aromatic heterocycles. The Hall–Kier alpha value is -3.83. The normalized spacial score (nSPS) is 20.5. The predicted molar refractivity (Wildman–Crippen MR) is 147 cm³/mol. The van der Waals surface area contributed by atoms with E-state index in [0.717, 1.165) is 67.7 Å². The monoisotopic (exact) mass is 513 g/mol. The van der Waals surface area contributed by atoms with Gasteiger partial charge >= 0.3 is 0 Å². The summed E-state index contributed by atoms with van der Waals surface area (Å²) < 4.78 is 7.31. The van der Waals surface area contributed by atoms with Gasteiger partial charge in [-0.2, -0.15) is 5.26 Å². The molecule has 38 heavy (non-hydrogen) atoms. The summed E-state index contributed by atoms with van der Waals surface area (Å²) in [4.78, 5) is 28.8. The fourth-order valence-corrected chi connectivity index (χ4v) is 5.67. The number of fused-ring (bicyclic) bond motifs is 1. The first kappa shape index (κ1) is 25.8. The number of carbonyl (C=O) groups excluding carboxylic acids is 2. The molecule has 2 amide bonds. The number of anilines is 1. The van der Waals surface area contributed by atoms with Crippen LogP contribution in [0.25, 0.3) is 10.9 Å². The van der Waals surface area contributed by atoms with Crippen molar-refractivity contribution in [3.05, 3.63) is 65.9 Å². The highest BCUT2D eigenvalue weighted by atomic mass is 16.5. The number of ether oxygens (including phenoxy) is 1.